The van der Waals surface area contributed by atoms with Crippen LogP contribution in [-0.2, 0) is 0 Å². The van der Waals surface area contributed by atoms with E-state index in [1.807, 2.05) is 4.90 Å². The first-order valence-corrected chi connectivity index (χ1v) is 10.5. The Morgan fingerprint density at radius 2 is 2.00 bits per heavy atom. The van der Waals surface area contributed by atoms with Gasteiger partial charge in [-0.05, 0) is 31.2 Å². The molecule has 3 rings (SSSR count). The monoisotopic (exact) mass is 448 g/mol. The van der Waals surface area contributed by atoms with Crippen molar-refractivity contribution >= 4 is 30.9 Å². The molecule has 0 amide bonds. The van der Waals surface area contributed by atoms with Gasteiger partial charge in [0.25, 0.3) is 5.56 Å². The first-order chi connectivity index (χ1) is 14.1. The molecule has 2 aromatic heterocycles. The topological polar surface area (TPSA) is 118 Å². The van der Waals surface area contributed by atoms with Crippen molar-refractivity contribution in [3.8, 4) is 5.88 Å². The summed E-state index contributed by atoms with van der Waals surface area (Å²) in [5, 5.41) is 3.32. The second kappa shape index (κ2) is 8.83. The number of carbonyl (C=O) groups excluding carboxylic acids is 1. The van der Waals surface area contributed by atoms with E-state index in [0.29, 0.717) is 31.0 Å². The number of pyridine rings is 1. The van der Waals surface area contributed by atoms with Crippen molar-refractivity contribution in [3.05, 3.63) is 22.6 Å². The number of halogens is 3. The summed E-state index contributed by atoms with van der Waals surface area (Å²) in [6.07, 6.45) is -1.53. The first kappa shape index (κ1) is 22.4. The van der Waals surface area contributed by atoms with Gasteiger partial charge < -0.3 is 19.4 Å². The van der Waals surface area contributed by atoms with Gasteiger partial charge in [0.2, 0.25) is 5.88 Å². The second-order valence-electron chi connectivity index (χ2n) is 6.93. The lowest BCUT2D eigenvalue weighted by atomic mass is 9.94. The Morgan fingerprint density at radius 3 is 2.57 bits per heavy atom. The molecule has 0 bridgehead atoms. The highest BCUT2D eigenvalue weighted by Crippen LogP contribution is 2.32. The lowest BCUT2D eigenvalue weighted by Gasteiger charge is -2.33. The van der Waals surface area contributed by atoms with Gasteiger partial charge in [-0.3, -0.25) is 9.59 Å². The SMILES string of the molecule is COc1nc(N2CCC(CCP(O)O)CC2)cc2cnn(C(=O)C(F)(F)F)c(=O)c12. The normalized spacial score (nSPS) is 15.8. The molecule has 0 spiro atoms. The summed E-state index contributed by atoms with van der Waals surface area (Å²) in [5.74, 6) is -1.75. The zero-order chi connectivity index (χ0) is 22.1. The molecule has 2 aromatic rings. The standard InChI is InChI=1S/C17H20F3N4O5P/c1-29-14-13-11(9-21-24(15(13)25)16(26)17(18,19)20)8-12(22-14)23-5-2-10(3-6-23)4-7-30(27)28/h8-10,27-28H,2-7H2,1H3. The van der Waals surface area contributed by atoms with E-state index in [1.54, 1.807) is 0 Å². The fourth-order valence-corrected chi connectivity index (χ4v) is 4.04. The van der Waals surface area contributed by atoms with E-state index >= 15 is 0 Å². The van der Waals surface area contributed by atoms with Gasteiger partial charge in [0.1, 0.15) is 11.2 Å². The Morgan fingerprint density at radius 1 is 1.33 bits per heavy atom. The number of rotatable bonds is 5. The molecule has 2 N–H and O–H groups in total. The minimum absolute atomic E-state index is 0.188. The summed E-state index contributed by atoms with van der Waals surface area (Å²) >= 11 is 0. The van der Waals surface area contributed by atoms with Gasteiger partial charge >= 0.3 is 12.1 Å². The van der Waals surface area contributed by atoms with Crippen LogP contribution in [0.5, 0.6) is 5.88 Å². The number of fused-ring (bicyclic) bond motifs is 1. The summed E-state index contributed by atoms with van der Waals surface area (Å²) in [6.45, 7) is 1.27. The largest absolute Gasteiger partial charge is 0.480 e. The smallest absolute Gasteiger partial charge is 0.473 e. The van der Waals surface area contributed by atoms with E-state index in [1.165, 1.54) is 13.2 Å². The molecule has 164 valence electrons. The van der Waals surface area contributed by atoms with Crippen molar-refractivity contribution in [1.82, 2.24) is 14.8 Å². The molecular weight excluding hydrogens is 428 g/mol. The van der Waals surface area contributed by atoms with Crippen LogP contribution in [0.2, 0.25) is 0 Å². The van der Waals surface area contributed by atoms with E-state index in [4.69, 9.17) is 14.5 Å². The van der Waals surface area contributed by atoms with Gasteiger partial charge in [0.15, 0.2) is 8.38 Å². The van der Waals surface area contributed by atoms with Crippen molar-refractivity contribution in [3.63, 3.8) is 0 Å². The Balaban J connectivity index is 1.89. The Labute approximate surface area is 170 Å². The van der Waals surface area contributed by atoms with Crippen molar-refractivity contribution in [2.24, 2.45) is 5.92 Å². The third-order valence-corrected chi connectivity index (χ3v) is 5.68. The van der Waals surface area contributed by atoms with Crippen molar-refractivity contribution in [2.45, 2.75) is 25.4 Å². The number of alkyl halides is 3. The van der Waals surface area contributed by atoms with Gasteiger partial charge in [-0.1, -0.05) is 0 Å². The lowest BCUT2D eigenvalue weighted by Crippen LogP contribution is -2.38. The van der Waals surface area contributed by atoms with E-state index in [-0.39, 0.29) is 21.3 Å². The summed E-state index contributed by atoms with van der Waals surface area (Å²) < 4.78 is 43.0. The minimum Gasteiger partial charge on any atom is -0.480 e. The van der Waals surface area contributed by atoms with Crippen LogP contribution in [0, 0.1) is 5.92 Å². The van der Waals surface area contributed by atoms with Crippen LogP contribution >= 0.6 is 8.38 Å². The van der Waals surface area contributed by atoms with E-state index in [0.717, 1.165) is 25.5 Å². The highest BCUT2D eigenvalue weighted by atomic mass is 31.2. The van der Waals surface area contributed by atoms with Gasteiger partial charge in [-0.25, -0.2) is 0 Å². The molecule has 0 aliphatic carbocycles. The average molecular weight is 448 g/mol. The molecule has 0 unspecified atom stereocenters. The number of carbonyl (C=O) groups is 1. The van der Waals surface area contributed by atoms with Gasteiger partial charge in [-0.2, -0.15) is 27.9 Å². The molecule has 1 fully saturated rings. The summed E-state index contributed by atoms with van der Waals surface area (Å²) in [6, 6.07) is 1.52. The third-order valence-electron chi connectivity index (χ3n) is 5.03. The molecule has 1 aliphatic rings. The van der Waals surface area contributed by atoms with Crippen LogP contribution in [0.25, 0.3) is 10.8 Å². The van der Waals surface area contributed by atoms with E-state index in [9.17, 15) is 22.8 Å². The third kappa shape index (κ3) is 4.71. The Hall–Kier alpha value is -2.30. The number of hydrogen-bond donors (Lipinski definition) is 2. The lowest BCUT2D eigenvalue weighted by molar-refractivity contribution is -0.0959. The van der Waals surface area contributed by atoms with Crippen LogP contribution in [0.4, 0.5) is 19.0 Å². The highest BCUT2D eigenvalue weighted by Gasteiger charge is 2.42. The predicted molar refractivity (Wildman–Crippen MR) is 103 cm³/mol. The molecule has 30 heavy (non-hydrogen) atoms. The molecule has 3 heterocycles. The van der Waals surface area contributed by atoms with Gasteiger partial charge in [-0.15, -0.1) is 0 Å². The molecule has 1 saturated heterocycles. The quantitative estimate of drug-likeness (QED) is 0.667. The first-order valence-electron chi connectivity index (χ1n) is 9.10. The maximum absolute atomic E-state index is 12.7. The molecular formula is C17H20F3N4O5P. The predicted octanol–water partition coefficient (Wildman–Crippen LogP) is 1.91. The number of nitrogens with zero attached hydrogens (tertiary/aromatic N) is 4. The molecule has 1 aliphatic heterocycles. The Bertz CT molecular complexity index is 990. The summed E-state index contributed by atoms with van der Waals surface area (Å²) in [7, 11) is -0.668. The second-order valence-corrected chi connectivity index (χ2v) is 8.13. The highest BCUT2D eigenvalue weighted by molar-refractivity contribution is 7.45. The van der Waals surface area contributed by atoms with Crippen LogP contribution in [0.15, 0.2) is 17.1 Å². The fraction of sp³-hybridized carbons (Fsp3) is 0.529. The molecule has 0 aromatic carbocycles. The summed E-state index contributed by atoms with van der Waals surface area (Å²) in [4.78, 5) is 48.2. The molecule has 0 radical (unpaired) electrons. The number of ether oxygens (including phenoxy) is 1. The van der Waals surface area contributed by atoms with Crippen molar-refractivity contribution in [2.75, 3.05) is 31.3 Å². The Kier molecular flexibility index (Phi) is 6.59. The molecule has 13 heteroatoms. The molecule has 9 nitrogen and oxygen atoms in total. The fourth-order valence-electron chi connectivity index (χ4n) is 3.45. The van der Waals surface area contributed by atoms with Gasteiger partial charge in [0.05, 0.1) is 13.3 Å². The van der Waals surface area contributed by atoms with Crippen molar-refractivity contribution < 1.29 is 32.5 Å². The average Bonchev–Trinajstić information content (AvgIpc) is 2.71. The van der Waals surface area contributed by atoms with Crippen molar-refractivity contribution in [1.29, 1.82) is 0 Å². The zero-order valence-electron chi connectivity index (χ0n) is 16.0. The van der Waals surface area contributed by atoms with Crippen LogP contribution in [0.1, 0.15) is 24.1 Å². The minimum atomic E-state index is -5.25. The zero-order valence-corrected chi connectivity index (χ0v) is 16.9. The van der Waals surface area contributed by atoms with Gasteiger partial charge in [0, 0.05) is 24.6 Å². The number of anilines is 1. The van der Waals surface area contributed by atoms with E-state index < -0.39 is 26.0 Å². The maximum atomic E-state index is 12.7. The van der Waals surface area contributed by atoms with E-state index in [2.05, 4.69) is 10.1 Å². The summed E-state index contributed by atoms with van der Waals surface area (Å²) in [5.41, 5.74) is -1.26. The number of hydrogen-bond acceptors (Lipinski definition) is 8. The van der Waals surface area contributed by atoms with Crippen LogP contribution in [0.3, 0.4) is 0 Å². The molecule has 0 saturated carbocycles. The number of piperidine rings is 1. The molecule has 0 atom stereocenters. The van der Waals surface area contributed by atoms with Crippen LogP contribution in [-0.4, -0.2) is 63.0 Å². The van der Waals surface area contributed by atoms with Crippen LogP contribution < -0.4 is 15.2 Å². The number of aromatic nitrogens is 3. The number of methoxy groups -OCH3 is 1. The maximum Gasteiger partial charge on any atom is 0.473 e.